The Morgan fingerprint density at radius 1 is 0.321 bits per heavy atom. The number of hydrogen-bond donors (Lipinski definition) is 0. The van der Waals surface area contributed by atoms with E-state index in [-0.39, 0.29) is 0 Å². The van der Waals surface area contributed by atoms with E-state index in [1.54, 1.807) is 0 Å². The van der Waals surface area contributed by atoms with Crippen molar-refractivity contribution in [3.63, 3.8) is 0 Å². The number of nitrogens with zero attached hydrogens (tertiary/aromatic N) is 1. The SMILES string of the molecule is C(=C1\C(c2ccc(-c3ccc4c(-c5cccc6ccccc56)c5ccccc5c(-c5cccc6ccccc56)c4c3)cc2)=Nc2ccccc21)/c1ccccc1. The summed E-state index contributed by atoms with van der Waals surface area (Å²) in [6, 6.07) is 74.9. The third-order valence-electron chi connectivity index (χ3n) is 11.4. The summed E-state index contributed by atoms with van der Waals surface area (Å²) in [5, 5.41) is 10.0. The quantitative estimate of drug-likeness (QED) is 0.158. The molecule has 0 radical (unpaired) electrons. The van der Waals surface area contributed by atoms with Crippen LogP contribution in [0, 0.1) is 0 Å². The predicted molar refractivity (Wildman–Crippen MR) is 240 cm³/mol. The summed E-state index contributed by atoms with van der Waals surface area (Å²) in [5.74, 6) is 0. The molecule has 56 heavy (non-hydrogen) atoms. The van der Waals surface area contributed by atoms with Crippen molar-refractivity contribution in [3.8, 4) is 33.4 Å². The molecule has 0 amide bonds. The summed E-state index contributed by atoms with van der Waals surface area (Å²) in [4.78, 5) is 5.15. The molecule has 1 nitrogen and oxygen atoms in total. The van der Waals surface area contributed by atoms with Gasteiger partial charge >= 0.3 is 0 Å². The van der Waals surface area contributed by atoms with E-state index in [0.717, 1.165) is 28.1 Å². The first-order valence-corrected chi connectivity index (χ1v) is 19.3. The van der Waals surface area contributed by atoms with E-state index in [4.69, 9.17) is 4.99 Å². The van der Waals surface area contributed by atoms with Gasteiger partial charge in [-0.1, -0.05) is 194 Å². The van der Waals surface area contributed by atoms with Crippen LogP contribution >= 0.6 is 0 Å². The van der Waals surface area contributed by atoms with E-state index in [2.05, 4.69) is 212 Å². The molecule has 0 saturated carbocycles. The molecule has 0 N–H and O–H groups in total. The van der Waals surface area contributed by atoms with Crippen molar-refractivity contribution in [1.82, 2.24) is 0 Å². The van der Waals surface area contributed by atoms with Gasteiger partial charge in [-0.05, 0) is 100 Å². The van der Waals surface area contributed by atoms with E-state index in [1.165, 1.54) is 82.0 Å². The molecule has 10 aromatic carbocycles. The number of rotatable bonds is 5. The van der Waals surface area contributed by atoms with Gasteiger partial charge in [0, 0.05) is 16.7 Å². The summed E-state index contributed by atoms with van der Waals surface area (Å²) in [7, 11) is 0. The summed E-state index contributed by atoms with van der Waals surface area (Å²) in [6.07, 6.45) is 2.26. The number of hydrogen-bond acceptors (Lipinski definition) is 1. The highest BCUT2D eigenvalue weighted by atomic mass is 14.8. The average Bonchev–Trinajstić information content (AvgIpc) is 3.63. The zero-order valence-electron chi connectivity index (χ0n) is 30.7. The van der Waals surface area contributed by atoms with Crippen molar-refractivity contribution >= 4 is 66.1 Å². The third-order valence-corrected chi connectivity index (χ3v) is 11.4. The van der Waals surface area contributed by atoms with Crippen LogP contribution in [0.3, 0.4) is 0 Å². The van der Waals surface area contributed by atoms with Gasteiger partial charge in [-0.15, -0.1) is 0 Å². The lowest BCUT2D eigenvalue weighted by atomic mass is 9.83. The van der Waals surface area contributed by atoms with Gasteiger partial charge in [-0.25, -0.2) is 4.99 Å². The van der Waals surface area contributed by atoms with Gasteiger partial charge in [0.1, 0.15) is 0 Å². The van der Waals surface area contributed by atoms with E-state index in [1.807, 2.05) is 0 Å². The molecule has 0 aromatic heterocycles. The van der Waals surface area contributed by atoms with Crippen molar-refractivity contribution < 1.29 is 0 Å². The maximum Gasteiger partial charge on any atom is 0.0788 e. The minimum atomic E-state index is 1.00. The van der Waals surface area contributed by atoms with Crippen LogP contribution in [0.15, 0.2) is 211 Å². The van der Waals surface area contributed by atoms with Gasteiger partial charge in [0.2, 0.25) is 0 Å². The molecule has 0 fully saturated rings. The van der Waals surface area contributed by atoms with Crippen molar-refractivity contribution in [3.05, 3.63) is 223 Å². The molecule has 260 valence electrons. The van der Waals surface area contributed by atoms with Gasteiger partial charge in [0.25, 0.3) is 0 Å². The molecule has 1 heteroatoms. The van der Waals surface area contributed by atoms with Crippen molar-refractivity contribution in [2.45, 2.75) is 0 Å². The zero-order chi connectivity index (χ0) is 37.0. The minimum Gasteiger partial charge on any atom is -0.247 e. The molecule has 0 bridgehead atoms. The maximum absolute atomic E-state index is 5.15. The Morgan fingerprint density at radius 2 is 0.804 bits per heavy atom. The summed E-state index contributed by atoms with van der Waals surface area (Å²) in [5.41, 5.74) is 14.0. The van der Waals surface area contributed by atoms with E-state index in [0.29, 0.717) is 0 Å². The maximum atomic E-state index is 5.15. The largest absolute Gasteiger partial charge is 0.247 e. The monoisotopic (exact) mass is 709 g/mol. The van der Waals surface area contributed by atoms with Crippen LogP contribution in [-0.2, 0) is 0 Å². The van der Waals surface area contributed by atoms with Crippen molar-refractivity contribution in [1.29, 1.82) is 0 Å². The molecule has 1 aliphatic heterocycles. The van der Waals surface area contributed by atoms with Crippen LogP contribution in [0.4, 0.5) is 5.69 Å². The second kappa shape index (κ2) is 13.2. The summed E-state index contributed by atoms with van der Waals surface area (Å²) < 4.78 is 0. The van der Waals surface area contributed by atoms with Gasteiger partial charge in [0.15, 0.2) is 0 Å². The summed E-state index contributed by atoms with van der Waals surface area (Å²) in [6.45, 7) is 0. The summed E-state index contributed by atoms with van der Waals surface area (Å²) >= 11 is 0. The molecular formula is C55H35N. The van der Waals surface area contributed by atoms with Crippen LogP contribution in [0.2, 0.25) is 0 Å². The Morgan fingerprint density at radius 3 is 1.48 bits per heavy atom. The first-order chi connectivity index (χ1) is 27.8. The molecule has 0 atom stereocenters. The Balaban J connectivity index is 1.12. The number of benzene rings is 10. The molecule has 1 aliphatic rings. The highest BCUT2D eigenvalue weighted by molar-refractivity contribution is 6.39. The third kappa shape index (κ3) is 5.28. The van der Waals surface area contributed by atoms with Crippen molar-refractivity contribution in [2.75, 3.05) is 0 Å². The topological polar surface area (TPSA) is 12.4 Å². The lowest BCUT2D eigenvalue weighted by molar-refractivity contribution is 1.53. The molecular weight excluding hydrogens is 675 g/mol. The first-order valence-electron chi connectivity index (χ1n) is 19.3. The van der Waals surface area contributed by atoms with Gasteiger partial charge < -0.3 is 0 Å². The minimum absolute atomic E-state index is 1.00. The number of aliphatic imine (C=N–C) groups is 1. The smallest absolute Gasteiger partial charge is 0.0788 e. The number of allylic oxidation sites excluding steroid dienone is 1. The average molecular weight is 710 g/mol. The second-order valence-electron chi connectivity index (χ2n) is 14.6. The predicted octanol–water partition coefficient (Wildman–Crippen LogP) is 15.0. The Hall–Kier alpha value is -7.35. The van der Waals surface area contributed by atoms with Crippen LogP contribution in [0.1, 0.15) is 16.7 Å². The highest BCUT2D eigenvalue weighted by Gasteiger charge is 2.23. The van der Waals surface area contributed by atoms with E-state index in [9.17, 15) is 0 Å². The van der Waals surface area contributed by atoms with E-state index < -0.39 is 0 Å². The van der Waals surface area contributed by atoms with Crippen LogP contribution < -0.4 is 0 Å². The Labute approximate surface area is 326 Å². The first kappa shape index (κ1) is 32.1. The normalized spacial score (nSPS) is 13.1. The second-order valence-corrected chi connectivity index (χ2v) is 14.6. The van der Waals surface area contributed by atoms with Crippen LogP contribution in [0.5, 0.6) is 0 Å². The lowest BCUT2D eigenvalue weighted by Crippen LogP contribution is -2.00. The molecule has 11 rings (SSSR count). The Bertz CT molecular complexity index is 3210. The lowest BCUT2D eigenvalue weighted by Gasteiger charge is -2.20. The number of para-hydroxylation sites is 1. The molecule has 1 heterocycles. The van der Waals surface area contributed by atoms with Gasteiger partial charge in [-0.3, -0.25) is 0 Å². The molecule has 0 unspecified atom stereocenters. The Kier molecular flexibility index (Phi) is 7.57. The van der Waals surface area contributed by atoms with Crippen LogP contribution in [0.25, 0.3) is 88.1 Å². The van der Waals surface area contributed by atoms with Crippen LogP contribution in [-0.4, -0.2) is 5.71 Å². The molecule has 0 saturated heterocycles. The zero-order valence-corrected chi connectivity index (χ0v) is 30.7. The highest BCUT2D eigenvalue weighted by Crippen LogP contribution is 2.47. The number of fused-ring (bicyclic) bond motifs is 5. The molecule has 10 aromatic rings. The fourth-order valence-electron chi connectivity index (χ4n) is 8.83. The van der Waals surface area contributed by atoms with E-state index >= 15 is 0 Å². The molecule has 0 aliphatic carbocycles. The molecule has 0 spiro atoms. The van der Waals surface area contributed by atoms with Gasteiger partial charge in [-0.2, -0.15) is 0 Å². The fourth-order valence-corrected chi connectivity index (χ4v) is 8.83. The standard InChI is InChI=1S/C55H35N/c1-2-14-36(15-3-1)34-51-44-22-10-11-27-52(44)56-55(51)40-30-28-37(29-31-40)41-32-33-49-50(35-41)54(46-26-13-19-39-17-5-7-21-43(39)46)48-24-9-8-23-47(48)53(49)45-25-12-18-38-16-4-6-20-42(38)45/h1-35H/b51-34+. The van der Waals surface area contributed by atoms with Crippen molar-refractivity contribution in [2.24, 2.45) is 4.99 Å². The fraction of sp³-hybridized carbons (Fsp3) is 0. The van der Waals surface area contributed by atoms with Gasteiger partial charge in [0.05, 0.1) is 11.4 Å².